The van der Waals surface area contributed by atoms with Crippen molar-refractivity contribution in [2.45, 2.75) is 6.54 Å². The van der Waals surface area contributed by atoms with Gasteiger partial charge in [-0.1, -0.05) is 60.1 Å². The van der Waals surface area contributed by atoms with Crippen LogP contribution in [-0.2, 0) is 11.3 Å². The second-order valence-corrected chi connectivity index (χ2v) is 6.73. The second kappa shape index (κ2) is 7.66. The van der Waals surface area contributed by atoms with Crippen LogP contribution < -0.4 is 10.9 Å². The van der Waals surface area contributed by atoms with Crippen molar-refractivity contribution >= 4 is 34.0 Å². The minimum Gasteiger partial charge on any atom is -0.324 e. The van der Waals surface area contributed by atoms with Gasteiger partial charge in [0.15, 0.2) is 0 Å². The molecule has 4 aromatic rings. The Labute approximate surface area is 166 Å². The van der Waals surface area contributed by atoms with Crippen molar-refractivity contribution in [2.75, 3.05) is 5.32 Å². The van der Waals surface area contributed by atoms with Crippen molar-refractivity contribution in [1.82, 2.24) is 9.78 Å². The third-order valence-electron chi connectivity index (χ3n) is 4.36. The van der Waals surface area contributed by atoms with Gasteiger partial charge in [-0.05, 0) is 29.7 Å². The molecule has 28 heavy (non-hydrogen) atoms. The summed E-state index contributed by atoms with van der Waals surface area (Å²) in [5.41, 5.74) is 1.76. The molecule has 1 aromatic heterocycles. The fraction of sp³-hybridized carbons (Fsp3) is 0.0455. The molecule has 0 radical (unpaired) electrons. The molecule has 0 saturated carbocycles. The zero-order valence-corrected chi connectivity index (χ0v) is 15.6. The number of nitrogens with zero attached hydrogens (tertiary/aromatic N) is 2. The zero-order valence-electron chi connectivity index (χ0n) is 14.8. The molecule has 0 bridgehead atoms. The Bertz CT molecular complexity index is 1210. The first-order chi connectivity index (χ1) is 13.6. The maximum Gasteiger partial charge on any atom is 0.267 e. The Balaban J connectivity index is 1.58. The first-order valence-electron chi connectivity index (χ1n) is 8.72. The number of aromatic nitrogens is 2. The van der Waals surface area contributed by atoms with E-state index in [1.165, 1.54) is 6.07 Å². The first kappa shape index (κ1) is 17.9. The van der Waals surface area contributed by atoms with E-state index in [1.807, 2.05) is 54.6 Å². The van der Waals surface area contributed by atoms with Crippen LogP contribution in [0.25, 0.3) is 22.0 Å². The molecule has 0 aliphatic carbocycles. The van der Waals surface area contributed by atoms with Gasteiger partial charge in [-0.25, -0.2) is 4.68 Å². The van der Waals surface area contributed by atoms with Gasteiger partial charge in [-0.2, -0.15) is 5.10 Å². The average molecular weight is 390 g/mol. The summed E-state index contributed by atoms with van der Waals surface area (Å²) in [7, 11) is 0. The SMILES string of the molecule is O=C(Cn1nc(-c2ccc(Cl)cc2)ccc1=O)Nc1cccc2ccccc12. The highest BCUT2D eigenvalue weighted by atomic mass is 35.5. The molecule has 5 nitrogen and oxygen atoms in total. The van der Waals surface area contributed by atoms with Gasteiger partial charge in [0.2, 0.25) is 5.91 Å². The first-order valence-corrected chi connectivity index (χ1v) is 9.10. The van der Waals surface area contributed by atoms with Crippen LogP contribution in [0.1, 0.15) is 0 Å². The minimum atomic E-state index is -0.342. The predicted molar refractivity (Wildman–Crippen MR) is 112 cm³/mol. The molecule has 3 aromatic carbocycles. The molecule has 0 atom stereocenters. The third-order valence-corrected chi connectivity index (χ3v) is 4.62. The van der Waals surface area contributed by atoms with Gasteiger partial charge in [-0.3, -0.25) is 9.59 Å². The molecule has 6 heteroatoms. The highest BCUT2D eigenvalue weighted by Gasteiger charge is 2.10. The Kier molecular flexibility index (Phi) is 4.91. The number of anilines is 1. The van der Waals surface area contributed by atoms with Crippen LogP contribution in [-0.4, -0.2) is 15.7 Å². The third kappa shape index (κ3) is 3.80. The number of carbonyl (C=O) groups excluding carboxylic acids is 1. The summed E-state index contributed by atoms with van der Waals surface area (Å²) in [4.78, 5) is 24.7. The van der Waals surface area contributed by atoms with E-state index in [4.69, 9.17) is 11.6 Å². The van der Waals surface area contributed by atoms with Crippen LogP contribution in [0.3, 0.4) is 0 Å². The number of halogens is 1. The lowest BCUT2D eigenvalue weighted by Crippen LogP contribution is -2.29. The highest BCUT2D eigenvalue weighted by Crippen LogP contribution is 2.23. The van der Waals surface area contributed by atoms with Crippen molar-refractivity contribution in [3.05, 3.63) is 94.2 Å². The number of hydrogen-bond donors (Lipinski definition) is 1. The molecule has 1 heterocycles. The van der Waals surface area contributed by atoms with Crippen LogP contribution in [0, 0.1) is 0 Å². The minimum absolute atomic E-state index is 0.177. The van der Waals surface area contributed by atoms with Crippen molar-refractivity contribution in [3.8, 4) is 11.3 Å². The normalized spacial score (nSPS) is 10.8. The standard InChI is InChI=1S/C22H16ClN3O2/c23-17-10-8-16(9-11-17)19-12-13-22(28)26(25-19)14-21(27)24-20-7-3-5-15-4-1-2-6-18(15)20/h1-13H,14H2,(H,24,27). The van der Waals surface area contributed by atoms with Gasteiger partial charge in [0.1, 0.15) is 6.54 Å². The molecule has 1 amide bonds. The fourth-order valence-electron chi connectivity index (χ4n) is 3.00. The molecule has 4 rings (SSSR count). The predicted octanol–water partition coefficient (Wildman–Crippen LogP) is 4.36. The molecular formula is C22H16ClN3O2. The van der Waals surface area contributed by atoms with Crippen molar-refractivity contribution in [1.29, 1.82) is 0 Å². The number of benzene rings is 3. The molecule has 0 aliphatic heterocycles. The summed E-state index contributed by atoms with van der Waals surface area (Å²) in [5, 5.41) is 9.77. The lowest BCUT2D eigenvalue weighted by atomic mass is 10.1. The summed E-state index contributed by atoms with van der Waals surface area (Å²) in [5.74, 6) is -0.320. The van der Waals surface area contributed by atoms with E-state index < -0.39 is 0 Å². The van der Waals surface area contributed by atoms with Crippen LogP contribution >= 0.6 is 11.6 Å². The van der Waals surface area contributed by atoms with E-state index in [-0.39, 0.29) is 18.0 Å². The molecular weight excluding hydrogens is 374 g/mol. The van der Waals surface area contributed by atoms with Crippen molar-refractivity contribution in [2.24, 2.45) is 0 Å². The number of nitrogens with one attached hydrogen (secondary N) is 1. The smallest absolute Gasteiger partial charge is 0.267 e. The van der Waals surface area contributed by atoms with Gasteiger partial charge in [-0.15, -0.1) is 0 Å². The summed E-state index contributed by atoms with van der Waals surface area (Å²) >= 11 is 5.91. The van der Waals surface area contributed by atoms with Gasteiger partial charge >= 0.3 is 0 Å². The fourth-order valence-corrected chi connectivity index (χ4v) is 3.12. The maximum atomic E-state index is 12.5. The van der Waals surface area contributed by atoms with E-state index in [1.54, 1.807) is 18.2 Å². The summed E-state index contributed by atoms with van der Waals surface area (Å²) in [6.07, 6.45) is 0. The summed E-state index contributed by atoms with van der Waals surface area (Å²) < 4.78 is 1.16. The number of carbonyl (C=O) groups is 1. The highest BCUT2D eigenvalue weighted by molar-refractivity contribution is 6.30. The molecule has 1 N–H and O–H groups in total. The van der Waals surface area contributed by atoms with Crippen LogP contribution in [0.4, 0.5) is 5.69 Å². The van der Waals surface area contributed by atoms with E-state index >= 15 is 0 Å². The van der Waals surface area contributed by atoms with Crippen LogP contribution in [0.2, 0.25) is 5.02 Å². The number of hydrogen-bond acceptors (Lipinski definition) is 3. The van der Waals surface area contributed by atoms with Crippen LogP contribution in [0.5, 0.6) is 0 Å². The van der Waals surface area contributed by atoms with Crippen molar-refractivity contribution < 1.29 is 4.79 Å². The van der Waals surface area contributed by atoms with Gasteiger partial charge in [0.05, 0.1) is 5.69 Å². The topological polar surface area (TPSA) is 64.0 Å². The summed E-state index contributed by atoms with van der Waals surface area (Å²) in [6, 6.07) is 23.6. The Morgan fingerprint density at radius 1 is 0.929 bits per heavy atom. The van der Waals surface area contributed by atoms with Gasteiger partial charge in [0, 0.05) is 27.7 Å². The Hall–Kier alpha value is -3.44. The lowest BCUT2D eigenvalue weighted by Gasteiger charge is -2.10. The average Bonchev–Trinajstić information content (AvgIpc) is 2.71. The second-order valence-electron chi connectivity index (χ2n) is 6.30. The number of fused-ring (bicyclic) bond motifs is 1. The van der Waals surface area contributed by atoms with E-state index in [0.29, 0.717) is 16.4 Å². The quantitative estimate of drug-likeness (QED) is 0.564. The summed E-state index contributed by atoms with van der Waals surface area (Å²) in [6.45, 7) is -0.177. The maximum absolute atomic E-state index is 12.5. The number of rotatable bonds is 4. The van der Waals surface area contributed by atoms with E-state index in [2.05, 4.69) is 10.4 Å². The molecule has 0 fully saturated rings. The van der Waals surface area contributed by atoms with Crippen molar-refractivity contribution in [3.63, 3.8) is 0 Å². The molecule has 0 saturated heterocycles. The Morgan fingerprint density at radius 2 is 1.68 bits per heavy atom. The molecule has 138 valence electrons. The molecule has 0 spiro atoms. The molecule has 0 unspecified atom stereocenters. The molecule has 0 aliphatic rings. The zero-order chi connectivity index (χ0) is 19.5. The Morgan fingerprint density at radius 3 is 2.50 bits per heavy atom. The van der Waals surface area contributed by atoms with Crippen LogP contribution in [0.15, 0.2) is 83.7 Å². The number of amides is 1. The largest absolute Gasteiger partial charge is 0.324 e. The van der Waals surface area contributed by atoms with Gasteiger partial charge in [0.25, 0.3) is 5.56 Å². The van der Waals surface area contributed by atoms with Gasteiger partial charge < -0.3 is 5.32 Å². The monoisotopic (exact) mass is 389 g/mol. The van der Waals surface area contributed by atoms with E-state index in [9.17, 15) is 9.59 Å². The lowest BCUT2D eigenvalue weighted by molar-refractivity contribution is -0.117. The van der Waals surface area contributed by atoms with E-state index in [0.717, 1.165) is 21.0 Å².